The van der Waals surface area contributed by atoms with E-state index in [0.29, 0.717) is 5.75 Å². The molecule has 17 heavy (non-hydrogen) atoms. The molecular weight excluding hydrogens is 299 g/mol. The lowest BCUT2D eigenvalue weighted by Gasteiger charge is -2.30. The van der Waals surface area contributed by atoms with E-state index < -0.39 is 8.07 Å². The van der Waals surface area contributed by atoms with Gasteiger partial charge in [0.25, 0.3) is 0 Å². The molecule has 0 saturated heterocycles. The number of rotatable bonds is 5. The van der Waals surface area contributed by atoms with Gasteiger partial charge in [0.05, 0.1) is 15.2 Å². The molecule has 0 fully saturated rings. The Kier molecular flexibility index (Phi) is 5.19. The van der Waals surface area contributed by atoms with Crippen molar-refractivity contribution in [2.75, 3.05) is 7.11 Å². The lowest BCUT2D eigenvalue weighted by atomic mass is 10.3. The van der Waals surface area contributed by atoms with Crippen LogP contribution in [-0.2, 0) is 0 Å². The molecule has 1 aromatic carbocycles. The quantitative estimate of drug-likeness (QED) is 0.735. The number of benzene rings is 1. The number of halogens is 2. The normalized spacial score (nSPS) is 11.6. The highest BCUT2D eigenvalue weighted by atomic mass is 79.9. The average Bonchev–Trinajstić information content (AvgIpc) is 2.35. The van der Waals surface area contributed by atoms with E-state index in [2.05, 4.69) is 36.7 Å². The number of hydrogen-bond acceptors (Lipinski definition) is 1. The van der Waals surface area contributed by atoms with Gasteiger partial charge in [0.15, 0.2) is 11.6 Å². The molecule has 0 N–H and O–H groups in total. The summed E-state index contributed by atoms with van der Waals surface area (Å²) in [5.74, 6) is 0.189. The van der Waals surface area contributed by atoms with E-state index in [-0.39, 0.29) is 5.82 Å². The first-order valence-corrected chi connectivity index (χ1v) is 9.50. The topological polar surface area (TPSA) is 9.23 Å². The van der Waals surface area contributed by atoms with Crippen molar-refractivity contribution in [1.29, 1.82) is 0 Å². The Labute approximate surface area is 113 Å². The Morgan fingerprint density at radius 3 is 2.12 bits per heavy atom. The van der Waals surface area contributed by atoms with Gasteiger partial charge in [-0.05, 0) is 17.3 Å². The van der Waals surface area contributed by atoms with Gasteiger partial charge in [-0.2, -0.15) is 0 Å². The zero-order chi connectivity index (χ0) is 13.1. The van der Waals surface area contributed by atoms with E-state index in [9.17, 15) is 4.39 Å². The first kappa shape index (κ1) is 14.7. The van der Waals surface area contributed by atoms with Crippen LogP contribution in [0.5, 0.6) is 5.75 Å². The van der Waals surface area contributed by atoms with Crippen molar-refractivity contribution in [3.05, 3.63) is 22.4 Å². The molecule has 4 heteroatoms. The molecule has 0 unspecified atom stereocenters. The fourth-order valence-electron chi connectivity index (χ4n) is 2.46. The lowest BCUT2D eigenvalue weighted by Crippen LogP contribution is -2.48. The van der Waals surface area contributed by atoms with E-state index in [1.165, 1.54) is 7.11 Å². The van der Waals surface area contributed by atoms with Crippen molar-refractivity contribution in [3.8, 4) is 5.75 Å². The minimum Gasteiger partial charge on any atom is -0.494 e. The van der Waals surface area contributed by atoms with Gasteiger partial charge in [-0.25, -0.2) is 4.39 Å². The maximum atomic E-state index is 14.5. The molecule has 0 aliphatic carbocycles. The average molecular weight is 319 g/mol. The number of ether oxygens (including phenoxy) is 1. The van der Waals surface area contributed by atoms with Gasteiger partial charge in [0, 0.05) is 4.47 Å². The van der Waals surface area contributed by atoms with E-state index in [0.717, 1.165) is 27.8 Å². The van der Waals surface area contributed by atoms with E-state index in [4.69, 9.17) is 4.74 Å². The van der Waals surface area contributed by atoms with Crippen LogP contribution in [0.2, 0.25) is 18.1 Å². The summed E-state index contributed by atoms with van der Waals surface area (Å²) in [7, 11) is -0.215. The Hall–Kier alpha value is -0.353. The first-order valence-electron chi connectivity index (χ1n) is 6.08. The summed E-state index contributed by atoms with van der Waals surface area (Å²) in [6, 6.07) is 6.76. The van der Waals surface area contributed by atoms with Crippen LogP contribution in [0.3, 0.4) is 0 Å². The molecule has 0 aliphatic heterocycles. The molecule has 0 spiro atoms. The van der Waals surface area contributed by atoms with Crippen LogP contribution in [0.4, 0.5) is 4.39 Å². The molecular formula is C13H20BrFOSi. The minimum atomic E-state index is -1.73. The molecule has 0 aromatic heterocycles. The van der Waals surface area contributed by atoms with E-state index in [1.54, 1.807) is 6.07 Å². The second-order valence-corrected chi connectivity index (χ2v) is 10.3. The summed E-state index contributed by atoms with van der Waals surface area (Å²) in [5.41, 5.74) is 0. The second kappa shape index (κ2) is 6.00. The predicted octanol–water partition coefficient (Wildman–Crippen LogP) is 4.31. The molecule has 0 atom stereocenters. The van der Waals surface area contributed by atoms with E-state index in [1.807, 2.05) is 6.07 Å². The maximum absolute atomic E-state index is 14.5. The molecule has 0 bridgehead atoms. The van der Waals surface area contributed by atoms with Crippen molar-refractivity contribution in [2.24, 2.45) is 0 Å². The third-order valence-electron chi connectivity index (χ3n) is 3.84. The zero-order valence-corrected chi connectivity index (χ0v) is 13.5. The summed E-state index contributed by atoms with van der Waals surface area (Å²) in [4.78, 5) is 0. The monoisotopic (exact) mass is 318 g/mol. The van der Waals surface area contributed by atoms with Crippen LogP contribution in [0.15, 0.2) is 16.6 Å². The Bertz CT molecular complexity index is 383. The molecule has 1 rings (SSSR count). The van der Waals surface area contributed by atoms with Crippen molar-refractivity contribution in [2.45, 2.75) is 38.9 Å². The Morgan fingerprint density at radius 1 is 1.18 bits per heavy atom. The summed E-state index contributed by atoms with van der Waals surface area (Å²) in [5, 5.41) is 0.893. The zero-order valence-electron chi connectivity index (χ0n) is 10.9. The van der Waals surface area contributed by atoms with E-state index >= 15 is 0 Å². The Balaban J connectivity index is 3.46. The van der Waals surface area contributed by atoms with Gasteiger partial charge in [0.1, 0.15) is 0 Å². The van der Waals surface area contributed by atoms with Gasteiger partial charge >= 0.3 is 0 Å². The second-order valence-electron chi connectivity index (χ2n) is 4.28. The number of hydrogen-bond donors (Lipinski definition) is 0. The largest absolute Gasteiger partial charge is 0.494 e. The highest BCUT2D eigenvalue weighted by Gasteiger charge is 2.35. The molecule has 0 aliphatic rings. The Morgan fingerprint density at radius 2 is 1.71 bits per heavy atom. The summed E-state index contributed by atoms with van der Waals surface area (Å²) < 4.78 is 20.5. The van der Waals surface area contributed by atoms with Crippen molar-refractivity contribution in [3.63, 3.8) is 0 Å². The van der Waals surface area contributed by atoms with Crippen LogP contribution in [0, 0.1) is 5.82 Å². The SMILES string of the molecule is CC[Si](CC)(CC)c1c(Br)ccc(OC)c1F. The van der Waals surface area contributed by atoms with Crippen LogP contribution >= 0.6 is 15.9 Å². The third-order valence-corrected chi connectivity index (χ3v) is 10.5. The van der Waals surface area contributed by atoms with Crippen LogP contribution in [0.1, 0.15) is 20.8 Å². The third kappa shape index (κ3) is 2.57. The van der Waals surface area contributed by atoms with Gasteiger partial charge < -0.3 is 4.74 Å². The predicted molar refractivity (Wildman–Crippen MR) is 77.5 cm³/mol. The van der Waals surface area contributed by atoms with Crippen molar-refractivity contribution in [1.82, 2.24) is 0 Å². The number of methoxy groups -OCH3 is 1. The fourth-order valence-corrected chi connectivity index (χ4v) is 7.76. The fraction of sp³-hybridized carbons (Fsp3) is 0.538. The molecule has 0 amide bonds. The highest BCUT2D eigenvalue weighted by molar-refractivity contribution is 9.10. The van der Waals surface area contributed by atoms with Crippen LogP contribution in [-0.4, -0.2) is 15.2 Å². The standard InChI is InChI=1S/C13H20BrFOSi/c1-5-17(6-2,7-3)13-10(14)8-9-11(16-4)12(13)15/h8-9H,5-7H2,1-4H3. The summed E-state index contributed by atoms with van der Waals surface area (Å²) in [6.07, 6.45) is 0. The molecule has 1 aromatic rings. The van der Waals surface area contributed by atoms with Gasteiger partial charge in [-0.3, -0.25) is 0 Å². The van der Waals surface area contributed by atoms with Crippen LogP contribution in [0.25, 0.3) is 0 Å². The lowest BCUT2D eigenvalue weighted by molar-refractivity contribution is 0.388. The molecule has 96 valence electrons. The highest BCUT2D eigenvalue weighted by Crippen LogP contribution is 2.29. The smallest absolute Gasteiger partial charge is 0.165 e. The minimum absolute atomic E-state index is 0.168. The molecule has 0 heterocycles. The van der Waals surface area contributed by atoms with Gasteiger partial charge in [-0.1, -0.05) is 54.8 Å². The van der Waals surface area contributed by atoms with Gasteiger partial charge in [-0.15, -0.1) is 0 Å². The molecule has 0 saturated carbocycles. The van der Waals surface area contributed by atoms with Gasteiger partial charge in [0.2, 0.25) is 0 Å². The summed E-state index contributed by atoms with van der Waals surface area (Å²) >= 11 is 3.51. The first-order chi connectivity index (χ1) is 8.06. The molecule has 1 nitrogen and oxygen atoms in total. The van der Waals surface area contributed by atoms with Crippen LogP contribution < -0.4 is 9.92 Å². The summed E-state index contributed by atoms with van der Waals surface area (Å²) in [6.45, 7) is 6.51. The molecule has 0 radical (unpaired) electrons. The maximum Gasteiger partial charge on any atom is 0.165 e. The van der Waals surface area contributed by atoms with Crippen molar-refractivity contribution < 1.29 is 9.13 Å². The van der Waals surface area contributed by atoms with Crippen molar-refractivity contribution >= 4 is 29.2 Å².